The fourth-order valence-corrected chi connectivity index (χ4v) is 2.83. The molecule has 2 aromatic rings. The van der Waals surface area contributed by atoms with Crippen molar-refractivity contribution in [1.82, 2.24) is 10.6 Å². The third-order valence-corrected chi connectivity index (χ3v) is 4.59. The second-order valence-corrected chi connectivity index (χ2v) is 8.59. The highest BCUT2D eigenvalue weighted by molar-refractivity contribution is 7.80. The molecule has 0 saturated heterocycles. The van der Waals surface area contributed by atoms with E-state index in [1.165, 1.54) is 30.3 Å². The molecule has 28 heavy (non-hydrogen) atoms. The van der Waals surface area contributed by atoms with Crippen molar-refractivity contribution in [2.24, 2.45) is 0 Å². The van der Waals surface area contributed by atoms with E-state index < -0.39 is 21.8 Å². The number of anilines is 1. The van der Waals surface area contributed by atoms with Crippen LogP contribution in [0.5, 0.6) is 0 Å². The lowest BCUT2D eigenvalue weighted by Crippen LogP contribution is -2.56. The van der Waals surface area contributed by atoms with Crippen LogP contribution in [0, 0.1) is 0 Å². The van der Waals surface area contributed by atoms with Crippen LogP contribution in [0.1, 0.15) is 20.7 Å². The van der Waals surface area contributed by atoms with Gasteiger partial charge in [0.2, 0.25) is 3.79 Å². The summed E-state index contributed by atoms with van der Waals surface area (Å²) in [6.07, 6.45) is -1.18. The van der Waals surface area contributed by atoms with Crippen LogP contribution in [0.3, 0.4) is 0 Å². The summed E-state index contributed by atoms with van der Waals surface area (Å²) in [5.41, 5.74) is 0.826. The second kappa shape index (κ2) is 9.62. The number of carboxylic acids is 1. The predicted molar refractivity (Wildman–Crippen MR) is 116 cm³/mol. The number of rotatable bonds is 5. The Hall–Kier alpha value is -1.77. The van der Waals surface area contributed by atoms with Gasteiger partial charge in [-0.25, -0.2) is 4.79 Å². The third-order valence-electron chi connectivity index (χ3n) is 3.39. The number of carbonyl (C=O) groups excluding carboxylic acids is 1. The molecule has 0 bridgehead atoms. The molecule has 0 spiro atoms. The lowest BCUT2D eigenvalue weighted by Gasteiger charge is -2.28. The molecule has 6 nitrogen and oxygen atoms in total. The molecule has 0 aliphatic carbocycles. The SMILES string of the molecule is O=C(O)c1ccc(NC(=S)N[C@@H](NC(=O)c2ccccc2Cl)C(Cl)(Cl)Cl)cc1. The molecule has 0 aliphatic rings. The molecule has 0 aromatic heterocycles. The van der Waals surface area contributed by atoms with Crippen molar-refractivity contribution in [2.75, 3.05) is 5.32 Å². The standard InChI is InChI=1S/C17H13Cl4N3O3S/c18-12-4-2-1-3-11(12)13(25)23-15(17(19,20)21)24-16(28)22-10-7-5-9(6-8-10)14(26)27/h1-8,15H,(H,23,25)(H,26,27)(H2,22,24,28)/t15-/m1/s1. The van der Waals surface area contributed by atoms with Gasteiger partial charge in [0, 0.05) is 5.69 Å². The number of hydrogen-bond donors (Lipinski definition) is 4. The van der Waals surface area contributed by atoms with E-state index in [1.807, 2.05) is 0 Å². The highest BCUT2D eigenvalue weighted by Crippen LogP contribution is 2.29. The fourth-order valence-electron chi connectivity index (χ4n) is 2.05. The van der Waals surface area contributed by atoms with E-state index in [2.05, 4.69) is 16.0 Å². The first-order valence-electron chi connectivity index (χ1n) is 7.61. The molecule has 4 N–H and O–H groups in total. The molecular formula is C17H13Cl4N3O3S. The van der Waals surface area contributed by atoms with Gasteiger partial charge < -0.3 is 21.1 Å². The highest BCUT2D eigenvalue weighted by atomic mass is 35.6. The maximum absolute atomic E-state index is 12.4. The Morgan fingerprint density at radius 3 is 2.14 bits per heavy atom. The van der Waals surface area contributed by atoms with Gasteiger partial charge in [-0.05, 0) is 48.6 Å². The van der Waals surface area contributed by atoms with Crippen molar-refractivity contribution in [2.45, 2.75) is 9.96 Å². The van der Waals surface area contributed by atoms with Crippen LogP contribution in [0.15, 0.2) is 48.5 Å². The van der Waals surface area contributed by atoms with Gasteiger partial charge in [-0.1, -0.05) is 58.5 Å². The molecule has 148 valence electrons. The molecule has 0 radical (unpaired) electrons. The summed E-state index contributed by atoms with van der Waals surface area (Å²) >= 11 is 29.0. The molecular weight excluding hydrogens is 468 g/mol. The number of carboxylic acid groups (broad SMARTS) is 1. The molecule has 0 aliphatic heterocycles. The number of benzene rings is 2. The van der Waals surface area contributed by atoms with E-state index in [0.717, 1.165) is 0 Å². The van der Waals surface area contributed by atoms with Gasteiger partial charge >= 0.3 is 5.97 Å². The normalized spacial score (nSPS) is 12.0. The second-order valence-electron chi connectivity index (χ2n) is 5.41. The largest absolute Gasteiger partial charge is 0.478 e. The third kappa shape index (κ3) is 6.39. The first-order chi connectivity index (χ1) is 13.1. The molecule has 0 fully saturated rings. The number of nitrogens with one attached hydrogen (secondary N) is 3. The molecule has 2 rings (SSSR count). The van der Waals surface area contributed by atoms with E-state index in [9.17, 15) is 9.59 Å². The van der Waals surface area contributed by atoms with Crippen molar-refractivity contribution in [1.29, 1.82) is 0 Å². The fraction of sp³-hybridized carbons (Fsp3) is 0.118. The Labute approximate surface area is 186 Å². The van der Waals surface area contributed by atoms with Gasteiger partial charge in [-0.2, -0.15) is 0 Å². The number of hydrogen-bond acceptors (Lipinski definition) is 3. The summed E-state index contributed by atoms with van der Waals surface area (Å²) in [6, 6.07) is 12.2. The lowest BCUT2D eigenvalue weighted by molar-refractivity contribution is 0.0696. The van der Waals surface area contributed by atoms with Gasteiger partial charge in [0.25, 0.3) is 5.91 Å². The van der Waals surface area contributed by atoms with Gasteiger partial charge in [0.05, 0.1) is 16.1 Å². The molecule has 11 heteroatoms. The van der Waals surface area contributed by atoms with E-state index in [4.69, 9.17) is 63.7 Å². The van der Waals surface area contributed by atoms with Gasteiger partial charge in [-0.15, -0.1) is 0 Å². The number of alkyl halides is 3. The van der Waals surface area contributed by atoms with Crippen molar-refractivity contribution < 1.29 is 14.7 Å². The Bertz CT molecular complexity index is 888. The van der Waals surface area contributed by atoms with E-state index in [1.54, 1.807) is 18.2 Å². The predicted octanol–water partition coefficient (Wildman–Crippen LogP) is 4.45. The number of thiocarbonyl (C=S) groups is 1. The minimum atomic E-state index is -1.93. The van der Waals surface area contributed by atoms with Crippen LogP contribution in [-0.4, -0.2) is 32.1 Å². The van der Waals surface area contributed by atoms with Crippen molar-refractivity contribution in [3.63, 3.8) is 0 Å². The summed E-state index contributed by atoms with van der Waals surface area (Å²) in [5.74, 6) is -1.62. The number of carbonyl (C=O) groups is 2. The average molecular weight is 481 g/mol. The maximum Gasteiger partial charge on any atom is 0.335 e. The van der Waals surface area contributed by atoms with Crippen LogP contribution in [0.25, 0.3) is 0 Å². The molecule has 1 atom stereocenters. The van der Waals surface area contributed by atoms with Crippen LogP contribution in [0.4, 0.5) is 5.69 Å². The summed E-state index contributed by atoms with van der Waals surface area (Å²) in [6.45, 7) is 0. The number of amides is 1. The average Bonchev–Trinajstić information content (AvgIpc) is 2.61. The van der Waals surface area contributed by atoms with E-state index in [-0.39, 0.29) is 21.3 Å². The molecule has 0 heterocycles. The van der Waals surface area contributed by atoms with Crippen molar-refractivity contribution in [3.05, 3.63) is 64.7 Å². The number of halogens is 4. The minimum absolute atomic E-state index is 0.0406. The zero-order chi connectivity index (χ0) is 20.9. The Morgan fingerprint density at radius 2 is 1.61 bits per heavy atom. The maximum atomic E-state index is 12.4. The van der Waals surface area contributed by atoms with Gasteiger partial charge in [0.15, 0.2) is 5.11 Å². The Morgan fingerprint density at radius 1 is 1.00 bits per heavy atom. The summed E-state index contributed by atoms with van der Waals surface area (Å²) in [4.78, 5) is 23.3. The van der Waals surface area contributed by atoms with Crippen molar-refractivity contribution in [3.8, 4) is 0 Å². The summed E-state index contributed by atoms with van der Waals surface area (Å²) in [7, 11) is 0. The summed E-state index contributed by atoms with van der Waals surface area (Å²) in [5, 5.41) is 17.2. The van der Waals surface area contributed by atoms with Crippen molar-refractivity contribution >= 4 is 81.3 Å². The smallest absolute Gasteiger partial charge is 0.335 e. The molecule has 1 amide bonds. The quantitative estimate of drug-likeness (QED) is 0.287. The van der Waals surface area contributed by atoms with Crippen LogP contribution in [-0.2, 0) is 0 Å². The van der Waals surface area contributed by atoms with Gasteiger partial charge in [0.1, 0.15) is 6.17 Å². The van der Waals surface area contributed by atoms with E-state index in [0.29, 0.717) is 5.69 Å². The molecule has 0 saturated carbocycles. The molecule has 0 unspecified atom stereocenters. The Balaban J connectivity index is 2.07. The van der Waals surface area contributed by atoms with Crippen LogP contribution >= 0.6 is 58.6 Å². The minimum Gasteiger partial charge on any atom is -0.478 e. The summed E-state index contributed by atoms with van der Waals surface area (Å²) < 4.78 is -1.93. The van der Waals surface area contributed by atoms with Crippen LogP contribution in [0.2, 0.25) is 5.02 Å². The number of aromatic carboxylic acids is 1. The first-order valence-corrected chi connectivity index (χ1v) is 9.53. The lowest BCUT2D eigenvalue weighted by atomic mass is 10.2. The topological polar surface area (TPSA) is 90.5 Å². The monoisotopic (exact) mass is 479 g/mol. The van der Waals surface area contributed by atoms with Crippen LogP contribution < -0.4 is 16.0 Å². The van der Waals surface area contributed by atoms with E-state index >= 15 is 0 Å². The highest BCUT2D eigenvalue weighted by Gasteiger charge is 2.35. The Kier molecular flexibility index (Phi) is 7.74. The zero-order valence-electron chi connectivity index (χ0n) is 13.9. The zero-order valence-corrected chi connectivity index (χ0v) is 17.7. The first kappa shape index (κ1) is 22.5. The van der Waals surface area contributed by atoms with Gasteiger partial charge in [-0.3, -0.25) is 4.79 Å². The molecule has 2 aromatic carbocycles.